The Balaban J connectivity index is 1.65. The van der Waals surface area contributed by atoms with Gasteiger partial charge in [-0.15, -0.1) is 0 Å². The molecule has 0 radical (unpaired) electrons. The fourth-order valence-electron chi connectivity index (χ4n) is 2.74. The van der Waals surface area contributed by atoms with E-state index in [1.54, 1.807) is 30.3 Å². The number of halogens is 1. The Hall–Kier alpha value is -2.79. The molecule has 1 amide bonds. The van der Waals surface area contributed by atoms with Gasteiger partial charge in [0, 0.05) is 42.5 Å². The highest BCUT2D eigenvalue weighted by Gasteiger charge is 2.15. The van der Waals surface area contributed by atoms with E-state index in [4.69, 9.17) is 16.3 Å². The number of rotatable bonds is 6. The molecular weight excluding hydrogens is 362 g/mol. The summed E-state index contributed by atoms with van der Waals surface area (Å²) in [5.41, 5.74) is 3.66. The van der Waals surface area contributed by atoms with Gasteiger partial charge >= 0.3 is 0 Å². The smallest absolute Gasteiger partial charge is 0.253 e. The van der Waals surface area contributed by atoms with Crippen LogP contribution in [0, 0.1) is 6.92 Å². The van der Waals surface area contributed by atoms with Gasteiger partial charge in [-0.2, -0.15) is 5.10 Å². The summed E-state index contributed by atoms with van der Waals surface area (Å²) < 4.78 is 7.57. The van der Waals surface area contributed by atoms with Crippen molar-refractivity contribution in [3.63, 3.8) is 0 Å². The molecule has 6 heteroatoms. The average molecular weight is 384 g/mol. The largest absolute Gasteiger partial charge is 0.489 e. The van der Waals surface area contributed by atoms with Crippen LogP contribution in [0.3, 0.4) is 0 Å². The molecule has 5 nitrogen and oxygen atoms in total. The summed E-state index contributed by atoms with van der Waals surface area (Å²) in [6.45, 7) is 2.90. The number of amides is 1. The van der Waals surface area contributed by atoms with E-state index in [9.17, 15) is 4.79 Å². The van der Waals surface area contributed by atoms with Gasteiger partial charge in [-0.05, 0) is 48.9 Å². The number of carbonyl (C=O) groups is 1. The quantitative estimate of drug-likeness (QED) is 0.639. The van der Waals surface area contributed by atoms with Crippen molar-refractivity contribution < 1.29 is 9.53 Å². The molecule has 0 aliphatic rings. The molecule has 140 valence electrons. The van der Waals surface area contributed by atoms with Crippen molar-refractivity contribution in [1.82, 2.24) is 14.7 Å². The molecule has 0 saturated carbocycles. The van der Waals surface area contributed by atoms with Crippen molar-refractivity contribution in [3.05, 3.63) is 82.1 Å². The van der Waals surface area contributed by atoms with Crippen LogP contribution in [0.1, 0.15) is 27.2 Å². The second-order valence-electron chi connectivity index (χ2n) is 6.48. The Morgan fingerprint density at radius 2 is 1.96 bits per heavy atom. The second kappa shape index (κ2) is 8.27. The van der Waals surface area contributed by atoms with Crippen molar-refractivity contribution in [2.45, 2.75) is 20.1 Å². The number of hydrogen-bond acceptors (Lipinski definition) is 3. The lowest BCUT2D eigenvalue weighted by Crippen LogP contribution is -2.26. The molecule has 0 spiro atoms. The summed E-state index contributed by atoms with van der Waals surface area (Å²) in [5.74, 6) is 0.701. The highest BCUT2D eigenvalue weighted by molar-refractivity contribution is 6.30. The van der Waals surface area contributed by atoms with E-state index >= 15 is 0 Å². The summed E-state index contributed by atoms with van der Waals surface area (Å²) >= 11 is 5.88. The minimum absolute atomic E-state index is 0.0356. The summed E-state index contributed by atoms with van der Waals surface area (Å²) in [6, 6.07) is 14.7. The molecule has 0 N–H and O–H groups in total. The van der Waals surface area contributed by atoms with Gasteiger partial charge in [0.05, 0.1) is 6.20 Å². The van der Waals surface area contributed by atoms with Crippen molar-refractivity contribution >= 4 is 17.5 Å². The van der Waals surface area contributed by atoms with E-state index in [1.807, 2.05) is 55.1 Å². The van der Waals surface area contributed by atoms with Crippen LogP contribution in [0.5, 0.6) is 5.75 Å². The minimum Gasteiger partial charge on any atom is -0.489 e. The summed E-state index contributed by atoms with van der Waals surface area (Å²) in [4.78, 5) is 14.5. The molecule has 3 aromatic rings. The van der Waals surface area contributed by atoms with Crippen molar-refractivity contribution in [1.29, 1.82) is 0 Å². The van der Waals surface area contributed by atoms with Gasteiger partial charge in [-0.1, -0.05) is 23.7 Å². The van der Waals surface area contributed by atoms with Gasteiger partial charge < -0.3 is 9.64 Å². The monoisotopic (exact) mass is 383 g/mol. The zero-order valence-electron chi connectivity index (χ0n) is 15.6. The molecule has 0 atom stereocenters. The molecule has 0 aliphatic heterocycles. The highest BCUT2D eigenvalue weighted by Crippen LogP contribution is 2.18. The number of ether oxygens (including phenoxy) is 1. The molecule has 2 aromatic carbocycles. The standard InChI is InChI=1S/C21H22ClN3O2/c1-15-18(12-23-25(15)3)13-24(2)21(26)17-6-4-5-16(11-17)14-27-20-9-7-19(22)8-10-20/h4-12H,13-14H2,1-3H3. The molecule has 0 saturated heterocycles. The van der Waals surface area contributed by atoms with Crippen molar-refractivity contribution in [2.75, 3.05) is 7.05 Å². The van der Waals surface area contributed by atoms with Crippen LogP contribution in [-0.2, 0) is 20.2 Å². The molecule has 1 aromatic heterocycles. The lowest BCUT2D eigenvalue weighted by molar-refractivity contribution is 0.0784. The molecule has 0 fully saturated rings. The lowest BCUT2D eigenvalue weighted by Gasteiger charge is -2.17. The number of nitrogens with zero attached hydrogens (tertiary/aromatic N) is 3. The van der Waals surface area contributed by atoms with Crippen LogP contribution >= 0.6 is 11.6 Å². The van der Waals surface area contributed by atoms with E-state index in [0.29, 0.717) is 23.7 Å². The third kappa shape index (κ3) is 4.68. The van der Waals surface area contributed by atoms with Gasteiger partial charge in [0.2, 0.25) is 0 Å². The van der Waals surface area contributed by atoms with Crippen LogP contribution in [0.2, 0.25) is 5.02 Å². The minimum atomic E-state index is -0.0356. The van der Waals surface area contributed by atoms with E-state index in [0.717, 1.165) is 22.6 Å². The first-order valence-electron chi connectivity index (χ1n) is 8.64. The fourth-order valence-corrected chi connectivity index (χ4v) is 2.86. The maximum Gasteiger partial charge on any atom is 0.253 e. The van der Waals surface area contributed by atoms with E-state index in [-0.39, 0.29) is 5.91 Å². The fraction of sp³-hybridized carbons (Fsp3) is 0.238. The number of benzene rings is 2. The molecule has 3 rings (SSSR count). The second-order valence-corrected chi connectivity index (χ2v) is 6.92. The molecule has 0 bridgehead atoms. The normalized spacial score (nSPS) is 10.7. The first-order chi connectivity index (χ1) is 12.9. The lowest BCUT2D eigenvalue weighted by atomic mass is 10.1. The average Bonchev–Trinajstić information content (AvgIpc) is 2.99. The summed E-state index contributed by atoms with van der Waals surface area (Å²) in [7, 11) is 3.69. The maximum absolute atomic E-state index is 12.8. The van der Waals surface area contributed by atoms with Gasteiger partial charge in [0.1, 0.15) is 12.4 Å². The zero-order valence-corrected chi connectivity index (χ0v) is 16.4. The SMILES string of the molecule is Cc1c(CN(C)C(=O)c2cccc(COc3ccc(Cl)cc3)c2)cnn1C. The number of carbonyl (C=O) groups excluding carboxylic acids is 1. The first-order valence-corrected chi connectivity index (χ1v) is 9.02. The Morgan fingerprint density at radius 3 is 2.63 bits per heavy atom. The number of aromatic nitrogens is 2. The number of aryl methyl sites for hydroxylation is 1. The molecule has 0 aliphatic carbocycles. The van der Waals surface area contributed by atoms with Gasteiger partial charge in [0.15, 0.2) is 0 Å². The van der Waals surface area contributed by atoms with Crippen LogP contribution in [0.25, 0.3) is 0 Å². The van der Waals surface area contributed by atoms with Crippen molar-refractivity contribution in [2.24, 2.45) is 7.05 Å². The van der Waals surface area contributed by atoms with Gasteiger partial charge in [-0.3, -0.25) is 9.48 Å². The molecular formula is C21H22ClN3O2. The van der Waals surface area contributed by atoms with Crippen LogP contribution in [0.4, 0.5) is 0 Å². The molecule has 0 unspecified atom stereocenters. The topological polar surface area (TPSA) is 47.4 Å². The van der Waals surface area contributed by atoms with Gasteiger partial charge in [-0.25, -0.2) is 0 Å². The number of hydrogen-bond donors (Lipinski definition) is 0. The van der Waals surface area contributed by atoms with Crippen molar-refractivity contribution in [3.8, 4) is 5.75 Å². The predicted octanol–water partition coefficient (Wildman–Crippen LogP) is 4.23. The Morgan fingerprint density at radius 1 is 1.22 bits per heavy atom. The van der Waals surface area contributed by atoms with Crippen LogP contribution in [-0.4, -0.2) is 27.6 Å². The van der Waals surface area contributed by atoms with Crippen LogP contribution < -0.4 is 4.74 Å². The Labute approximate surface area is 164 Å². The Kier molecular flexibility index (Phi) is 5.81. The zero-order chi connectivity index (χ0) is 19.4. The van der Waals surface area contributed by atoms with Crippen LogP contribution in [0.15, 0.2) is 54.7 Å². The highest BCUT2D eigenvalue weighted by atomic mass is 35.5. The maximum atomic E-state index is 12.8. The van der Waals surface area contributed by atoms with E-state index < -0.39 is 0 Å². The molecule has 27 heavy (non-hydrogen) atoms. The van der Waals surface area contributed by atoms with E-state index in [2.05, 4.69) is 5.10 Å². The van der Waals surface area contributed by atoms with E-state index in [1.165, 1.54) is 0 Å². The summed E-state index contributed by atoms with van der Waals surface area (Å²) in [6.07, 6.45) is 1.80. The first kappa shape index (κ1) is 19.0. The third-order valence-electron chi connectivity index (χ3n) is 4.48. The van der Waals surface area contributed by atoms with Gasteiger partial charge in [0.25, 0.3) is 5.91 Å². The molecule has 1 heterocycles. The summed E-state index contributed by atoms with van der Waals surface area (Å²) in [5, 5.41) is 4.90. The third-order valence-corrected chi connectivity index (χ3v) is 4.74. The Bertz CT molecular complexity index is 935. The predicted molar refractivity (Wildman–Crippen MR) is 106 cm³/mol.